The van der Waals surface area contributed by atoms with Crippen molar-refractivity contribution in [1.29, 1.82) is 0 Å². The van der Waals surface area contributed by atoms with E-state index >= 15 is 0 Å². The summed E-state index contributed by atoms with van der Waals surface area (Å²) in [5.74, 6) is 0.638. The predicted molar refractivity (Wildman–Crippen MR) is 103 cm³/mol. The number of aliphatic hydroxyl groups is 1. The number of phenols is 1. The summed E-state index contributed by atoms with van der Waals surface area (Å²) in [5, 5.41) is 22.5. The first-order valence-electron chi connectivity index (χ1n) is 8.24. The van der Waals surface area contributed by atoms with Crippen molar-refractivity contribution in [3.63, 3.8) is 0 Å². The first-order chi connectivity index (χ1) is 12.1. The fraction of sp³-hybridized carbons (Fsp3) is 0.300. The number of benzene rings is 2. The standard InChI is InChI=1S/C20H26N2O3/c1-4-5-16-12-15(13-19(25-3)20(16)24)14-21-17-6-8-18(9-7-17)22(2)10-11-23/h4,6-9,12-13,21,23-24H,1,5,10-11,14H2,2-3H3. The predicted octanol–water partition coefficient (Wildman–Crippen LogP) is 3.17. The highest BCUT2D eigenvalue weighted by Gasteiger charge is 2.10. The summed E-state index contributed by atoms with van der Waals surface area (Å²) in [6.45, 7) is 5.08. The molecule has 2 rings (SSSR count). The van der Waals surface area contributed by atoms with Gasteiger partial charge in [0, 0.05) is 37.1 Å². The topological polar surface area (TPSA) is 65.0 Å². The summed E-state index contributed by atoms with van der Waals surface area (Å²) in [7, 11) is 3.49. The summed E-state index contributed by atoms with van der Waals surface area (Å²) in [6.07, 6.45) is 2.34. The van der Waals surface area contributed by atoms with Crippen LogP contribution in [0.2, 0.25) is 0 Å². The summed E-state index contributed by atoms with van der Waals surface area (Å²) in [5.41, 5.74) is 3.87. The molecule has 0 spiro atoms. The number of allylic oxidation sites excluding steroid dienone is 1. The van der Waals surface area contributed by atoms with Gasteiger partial charge in [0.2, 0.25) is 0 Å². The SMILES string of the molecule is C=CCc1cc(CNc2ccc(N(C)CCO)cc2)cc(OC)c1O. The fourth-order valence-corrected chi connectivity index (χ4v) is 2.61. The van der Waals surface area contributed by atoms with Gasteiger partial charge in [-0.2, -0.15) is 0 Å². The average Bonchev–Trinajstić information content (AvgIpc) is 2.63. The third kappa shape index (κ3) is 4.90. The molecule has 2 aromatic carbocycles. The molecule has 25 heavy (non-hydrogen) atoms. The van der Waals surface area contributed by atoms with Crippen LogP contribution in [-0.4, -0.2) is 37.5 Å². The molecule has 0 aliphatic heterocycles. The van der Waals surface area contributed by atoms with Gasteiger partial charge in [0.1, 0.15) is 0 Å². The van der Waals surface area contributed by atoms with Crippen LogP contribution in [0.1, 0.15) is 11.1 Å². The quantitative estimate of drug-likeness (QED) is 0.611. The zero-order valence-electron chi connectivity index (χ0n) is 14.8. The van der Waals surface area contributed by atoms with E-state index in [1.54, 1.807) is 13.2 Å². The number of likely N-dealkylation sites (N-methyl/N-ethyl adjacent to an activating group) is 1. The normalized spacial score (nSPS) is 10.4. The van der Waals surface area contributed by atoms with Crippen molar-refractivity contribution in [3.05, 3.63) is 60.2 Å². The summed E-state index contributed by atoms with van der Waals surface area (Å²) in [6, 6.07) is 11.8. The maximum atomic E-state index is 10.1. The van der Waals surface area contributed by atoms with Crippen molar-refractivity contribution >= 4 is 11.4 Å². The molecule has 0 saturated heterocycles. The lowest BCUT2D eigenvalue weighted by molar-refractivity contribution is 0.304. The average molecular weight is 342 g/mol. The molecule has 0 heterocycles. The smallest absolute Gasteiger partial charge is 0.161 e. The summed E-state index contributed by atoms with van der Waals surface area (Å²) in [4.78, 5) is 2.00. The Labute approximate surface area is 149 Å². The molecule has 3 N–H and O–H groups in total. The minimum Gasteiger partial charge on any atom is -0.504 e. The molecule has 134 valence electrons. The molecular formula is C20H26N2O3. The lowest BCUT2D eigenvalue weighted by Gasteiger charge is -2.18. The Bertz CT molecular complexity index is 699. The van der Waals surface area contributed by atoms with E-state index in [0.717, 1.165) is 22.5 Å². The van der Waals surface area contributed by atoms with Crippen molar-refractivity contribution in [2.24, 2.45) is 0 Å². The van der Waals surface area contributed by atoms with Crippen LogP contribution in [-0.2, 0) is 13.0 Å². The molecule has 0 saturated carbocycles. The Morgan fingerprint density at radius 2 is 1.96 bits per heavy atom. The molecule has 0 unspecified atom stereocenters. The first-order valence-corrected chi connectivity index (χ1v) is 8.24. The Morgan fingerprint density at radius 1 is 1.24 bits per heavy atom. The van der Waals surface area contributed by atoms with E-state index in [0.29, 0.717) is 25.3 Å². The van der Waals surface area contributed by atoms with E-state index in [-0.39, 0.29) is 12.4 Å². The van der Waals surface area contributed by atoms with Gasteiger partial charge in [-0.15, -0.1) is 6.58 Å². The molecule has 0 aliphatic rings. The Hall–Kier alpha value is -2.66. The highest BCUT2D eigenvalue weighted by atomic mass is 16.5. The van der Waals surface area contributed by atoms with E-state index < -0.39 is 0 Å². The van der Waals surface area contributed by atoms with Crippen LogP contribution in [0.4, 0.5) is 11.4 Å². The Kier molecular flexibility index (Phi) is 6.71. The number of nitrogens with one attached hydrogen (secondary N) is 1. The van der Waals surface area contributed by atoms with Crippen LogP contribution >= 0.6 is 0 Å². The summed E-state index contributed by atoms with van der Waals surface area (Å²) >= 11 is 0. The first kappa shape index (κ1) is 18.7. The van der Waals surface area contributed by atoms with Gasteiger partial charge in [-0.1, -0.05) is 6.08 Å². The van der Waals surface area contributed by atoms with Crippen molar-refractivity contribution in [2.75, 3.05) is 37.5 Å². The van der Waals surface area contributed by atoms with Gasteiger partial charge in [-0.3, -0.25) is 0 Å². The molecule has 0 fully saturated rings. The molecule has 0 aromatic heterocycles. The zero-order valence-corrected chi connectivity index (χ0v) is 14.8. The van der Waals surface area contributed by atoms with E-state index in [1.165, 1.54) is 0 Å². The van der Waals surface area contributed by atoms with Gasteiger partial charge < -0.3 is 25.2 Å². The summed E-state index contributed by atoms with van der Waals surface area (Å²) < 4.78 is 5.25. The third-order valence-electron chi connectivity index (χ3n) is 4.04. The van der Waals surface area contributed by atoms with Crippen LogP contribution in [0.3, 0.4) is 0 Å². The molecule has 5 nitrogen and oxygen atoms in total. The number of nitrogens with zero attached hydrogens (tertiary/aromatic N) is 1. The maximum Gasteiger partial charge on any atom is 0.161 e. The molecular weight excluding hydrogens is 316 g/mol. The van der Waals surface area contributed by atoms with Crippen molar-refractivity contribution < 1.29 is 14.9 Å². The lowest BCUT2D eigenvalue weighted by Crippen LogP contribution is -2.20. The molecule has 5 heteroatoms. The molecule has 0 radical (unpaired) electrons. The second kappa shape index (κ2) is 8.99. The van der Waals surface area contributed by atoms with Crippen molar-refractivity contribution in [2.45, 2.75) is 13.0 Å². The highest BCUT2D eigenvalue weighted by molar-refractivity contribution is 5.55. The second-order valence-corrected chi connectivity index (χ2v) is 5.84. The number of methoxy groups -OCH3 is 1. The van der Waals surface area contributed by atoms with Crippen molar-refractivity contribution in [3.8, 4) is 11.5 Å². The number of ether oxygens (including phenoxy) is 1. The molecule has 2 aromatic rings. The van der Waals surface area contributed by atoms with Crippen LogP contribution in [0.15, 0.2) is 49.1 Å². The van der Waals surface area contributed by atoms with Crippen LogP contribution in [0, 0.1) is 0 Å². The number of hydrogen-bond acceptors (Lipinski definition) is 5. The van der Waals surface area contributed by atoms with Gasteiger partial charge in [0.15, 0.2) is 11.5 Å². The van der Waals surface area contributed by atoms with Crippen LogP contribution in [0.5, 0.6) is 11.5 Å². The number of aromatic hydroxyl groups is 1. The molecule has 0 amide bonds. The molecule has 0 atom stereocenters. The molecule has 0 bridgehead atoms. The number of rotatable bonds is 9. The van der Waals surface area contributed by atoms with Gasteiger partial charge in [-0.05, 0) is 48.4 Å². The van der Waals surface area contributed by atoms with E-state index in [9.17, 15) is 5.11 Å². The fourth-order valence-electron chi connectivity index (χ4n) is 2.61. The largest absolute Gasteiger partial charge is 0.504 e. The Balaban J connectivity index is 2.08. The molecule has 0 aliphatic carbocycles. The Morgan fingerprint density at radius 3 is 2.56 bits per heavy atom. The third-order valence-corrected chi connectivity index (χ3v) is 4.04. The van der Waals surface area contributed by atoms with Crippen LogP contribution < -0.4 is 15.0 Å². The van der Waals surface area contributed by atoms with E-state index in [4.69, 9.17) is 9.84 Å². The minimum atomic E-state index is 0.131. The van der Waals surface area contributed by atoms with Crippen molar-refractivity contribution in [1.82, 2.24) is 0 Å². The van der Waals surface area contributed by atoms with E-state index in [1.807, 2.05) is 48.3 Å². The zero-order chi connectivity index (χ0) is 18.2. The highest BCUT2D eigenvalue weighted by Crippen LogP contribution is 2.32. The van der Waals surface area contributed by atoms with Crippen LogP contribution in [0.25, 0.3) is 0 Å². The number of aliphatic hydroxyl groups excluding tert-OH is 1. The van der Waals surface area contributed by atoms with Gasteiger partial charge in [0.05, 0.1) is 13.7 Å². The number of phenolic OH excluding ortho intramolecular Hbond substituents is 1. The van der Waals surface area contributed by atoms with Gasteiger partial charge in [-0.25, -0.2) is 0 Å². The van der Waals surface area contributed by atoms with Gasteiger partial charge in [0.25, 0.3) is 0 Å². The minimum absolute atomic E-state index is 0.131. The lowest BCUT2D eigenvalue weighted by atomic mass is 10.1. The van der Waals surface area contributed by atoms with E-state index in [2.05, 4.69) is 11.9 Å². The monoisotopic (exact) mass is 342 g/mol. The number of hydrogen-bond donors (Lipinski definition) is 3. The maximum absolute atomic E-state index is 10.1. The second-order valence-electron chi connectivity index (χ2n) is 5.84. The number of anilines is 2. The van der Waals surface area contributed by atoms with Gasteiger partial charge >= 0.3 is 0 Å².